The van der Waals surface area contributed by atoms with Crippen LogP contribution in [0.3, 0.4) is 0 Å². The zero-order chi connectivity index (χ0) is 11.8. The maximum Gasteiger partial charge on any atom is 0.247 e. The number of hydrogen-bond acceptors (Lipinski definition) is 2. The molecule has 0 aliphatic heterocycles. The Labute approximate surface area is 100 Å². The van der Waals surface area contributed by atoms with E-state index in [9.17, 15) is 4.79 Å². The van der Waals surface area contributed by atoms with Gasteiger partial charge in [0.15, 0.2) is 0 Å². The summed E-state index contributed by atoms with van der Waals surface area (Å²) in [6.07, 6.45) is 6.81. The van der Waals surface area contributed by atoms with Crippen LogP contribution in [-0.2, 0) is 4.79 Å². The van der Waals surface area contributed by atoms with Crippen molar-refractivity contribution < 1.29 is 4.79 Å². The molecule has 0 spiro atoms. The summed E-state index contributed by atoms with van der Waals surface area (Å²) in [5, 5.41) is 3.98. The number of rotatable bonds is 6. The van der Waals surface area contributed by atoms with Crippen LogP contribution in [0.25, 0.3) is 6.08 Å². The summed E-state index contributed by atoms with van der Waals surface area (Å²) in [6.45, 7) is 8.33. The van der Waals surface area contributed by atoms with Crippen LogP contribution in [0.4, 0.5) is 0 Å². The van der Waals surface area contributed by atoms with Gasteiger partial charge in [0.2, 0.25) is 5.91 Å². The quantitative estimate of drug-likeness (QED) is 0.546. The van der Waals surface area contributed by atoms with E-state index in [1.54, 1.807) is 34.5 Å². The second-order valence-electron chi connectivity index (χ2n) is 3.21. The highest BCUT2D eigenvalue weighted by Crippen LogP contribution is 2.08. The van der Waals surface area contributed by atoms with Crippen LogP contribution in [-0.4, -0.2) is 23.9 Å². The molecule has 0 aliphatic rings. The summed E-state index contributed by atoms with van der Waals surface area (Å²) in [5.74, 6) is -0.0222. The molecule has 84 valence electrons. The molecule has 1 aromatic heterocycles. The summed E-state index contributed by atoms with van der Waals surface area (Å²) in [6, 6.07) is 1.97. The Balaban J connectivity index is 2.60. The molecule has 1 aromatic rings. The van der Waals surface area contributed by atoms with Gasteiger partial charge in [-0.25, -0.2) is 0 Å². The summed E-state index contributed by atoms with van der Waals surface area (Å²) in [7, 11) is 0. The van der Waals surface area contributed by atoms with Gasteiger partial charge in [-0.3, -0.25) is 4.79 Å². The van der Waals surface area contributed by atoms with Gasteiger partial charge < -0.3 is 4.90 Å². The van der Waals surface area contributed by atoms with Crippen molar-refractivity contribution in [1.29, 1.82) is 0 Å². The third-order valence-electron chi connectivity index (χ3n) is 1.97. The number of hydrogen-bond donors (Lipinski definition) is 0. The fourth-order valence-corrected chi connectivity index (χ4v) is 1.84. The van der Waals surface area contributed by atoms with E-state index < -0.39 is 0 Å². The Bertz CT molecular complexity index is 369. The van der Waals surface area contributed by atoms with Crippen LogP contribution in [0.5, 0.6) is 0 Å². The fourth-order valence-electron chi connectivity index (χ4n) is 1.21. The minimum absolute atomic E-state index is 0.0222. The lowest BCUT2D eigenvalue weighted by molar-refractivity contribution is -0.124. The van der Waals surface area contributed by atoms with Crippen molar-refractivity contribution in [2.24, 2.45) is 0 Å². The number of carbonyl (C=O) groups is 1. The highest BCUT2D eigenvalue weighted by Gasteiger charge is 2.05. The maximum absolute atomic E-state index is 11.8. The normalized spacial score (nSPS) is 10.2. The van der Waals surface area contributed by atoms with Crippen molar-refractivity contribution in [3.63, 3.8) is 0 Å². The lowest BCUT2D eigenvalue weighted by Gasteiger charge is -2.16. The monoisotopic (exact) mass is 233 g/mol. The third kappa shape index (κ3) is 3.87. The number of nitrogens with zero attached hydrogens (tertiary/aromatic N) is 1. The molecule has 0 fully saturated rings. The average Bonchev–Trinajstić information content (AvgIpc) is 2.78. The van der Waals surface area contributed by atoms with Crippen molar-refractivity contribution in [2.45, 2.75) is 0 Å². The maximum atomic E-state index is 11.8. The Morgan fingerprint density at radius 2 is 2.06 bits per heavy atom. The molecule has 1 amide bonds. The predicted octanol–water partition coefficient (Wildman–Crippen LogP) is 2.96. The molecule has 3 heteroatoms. The van der Waals surface area contributed by atoms with Gasteiger partial charge in [-0.1, -0.05) is 12.2 Å². The molecule has 0 radical (unpaired) electrons. The van der Waals surface area contributed by atoms with Gasteiger partial charge in [0.25, 0.3) is 0 Å². The van der Waals surface area contributed by atoms with Crippen molar-refractivity contribution in [3.05, 3.63) is 53.8 Å². The lowest BCUT2D eigenvalue weighted by Crippen LogP contribution is -2.29. The van der Waals surface area contributed by atoms with E-state index in [4.69, 9.17) is 0 Å². The topological polar surface area (TPSA) is 20.3 Å². The van der Waals surface area contributed by atoms with E-state index in [1.165, 1.54) is 0 Å². The second-order valence-corrected chi connectivity index (χ2v) is 3.99. The van der Waals surface area contributed by atoms with E-state index in [0.29, 0.717) is 13.1 Å². The molecule has 0 N–H and O–H groups in total. The molecular weight excluding hydrogens is 218 g/mol. The summed E-state index contributed by atoms with van der Waals surface area (Å²) in [5.41, 5.74) is 1.05. The van der Waals surface area contributed by atoms with Crippen LogP contribution in [0, 0.1) is 0 Å². The van der Waals surface area contributed by atoms with Crippen LogP contribution in [0.1, 0.15) is 5.56 Å². The lowest BCUT2D eigenvalue weighted by atomic mass is 10.3. The summed E-state index contributed by atoms with van der Waals surface area (Å²) in [4.78, 5) is 13.4. The van der Waals surface area contributed by atoms with Gasteiger partial charge in [-0.05, 0) is 28.5 Å². The standard InChI is InChI=1S/C13H15NOS/c1-3-8-14(9-4-2)13(15)6-5-12-7-10-16-11-12/h3-7,10-11H,1-2,8-9H2/b6-5+. The van der Waals surface area contributed by atoms with Gasteiger partial charge in [0, 0.05) is 19.2 Å². The molecule has 0 atom stereocenters. The first-order valence-corrected chi connectivity index (χ1v) is 5.93. The van der Waals surface area contributed by atoms with Gasteiger partial charge in [0.05, 0.1) is 0 Å². The number of thiophene rings is 1. The largest absolute Gasteiger partial charge is 0.332 e. The Kier molecular flexibility index (Phi) is 5.29. The molecule has 0 unspecified atom stereocenters. The van der Waals surface area contributed by atoms with E-state index >= 15 is 0 Å². The van der Waals surface area contributed by atoms with Gasteiger partial charge in [0.1, 0.15) is 0 Å². The zero-order valence-electron chi connectivity index (χ0n) is 9.13. The molecule has 0 aromatic carbocycles. The van der Waals surface area contributed by atoms with Gasteiger partial charge in [-0.2, -0.15) is 11.3 Å². The molecule has 0 saturated heterocycles. The van der Waals surface area contributed by atoms with Crippen LogP contribution in [0.2, 0.25) is 0 Å². The molecule has 1 rings (SSSR count). The first-order valence-electron chi connectivity index (χ1n) is 4.99. The van der Waals surface area contributed by atoms with Crippen molar-refractivity contribution in [3.8, 4) is 0 Å². The van der Waals surface area contributed by atoms with Gasteiger partial charge in [-0.15, -0.1) is 13.2 Å². The molecule has 0 aliphatic carbocycles. The number of amides is 1. The molecule has 0 bridgehead atoms. The minimum atomic E-state index is -0.0222. The van der Waals surface area contributed by atoms with Crippen LogP contribution in [0.15, 0.2) is 48.2 Å². The highest BCUT2D eigenvalue weighted by molar-refractivity contribution is 7.08. The Morgan fingerprint density at radius 3 is 2.56 bits per heavy atom. The van der Waals surface area contributed by atoms with Crippen molar-refractivity contribution >= 4 is 23.3 Å². The number of carbonyl (C=O) groups excluding carboxylic acids is 1. The van der Waals surface area contributed by atoms with Crippen LogP contribution >= 0.6 is 11.3 Å². The summed E-state index contributed by atoms with van der Waals surface area (Å²) < 4.78 is 0. The molecule has 2 nitrogen and oxygen atoms in total. The minimum Gasteiger partial charge on any atom is -0.332 e. The smallest absolute Gasteiger partial charge is 0.247 e. The molecule has 16 heavy (non-hydrogen) atoms. The Hall–Kier alpha value is -1.61. The van der Waals surface area contributed by atoms with Crippen LogP contribution < -0.4 is 0 Å². The SMILES string of the molecule is C=CCN(CC=C)C(=O)/C=C/c1ccsc1. The zero-order valence-corrected chi connectivity index (χ0v) is 9.95. The Morgan fingerprint density at radius 1 is 1.38 bits per heavy atom. The van der Waals surface area contributed by atoms with E-state index in [2.05, 4.69) is 13.2 Å². The predicted molar refractivity (Wildman–Crippen MR) is 70.3 cm³/mol. The van der Waals surface area contributed by atoms with E-state index in [-0.39, 0.29) is 5.91 Å². The first kappa shape index (κ1) is 12.5. The molecular formula is C13H15NOS. The van der Waals surface area contributed by atoms with E-state index in [0.717, 1.165) is 5.56 Å². The second kappa shape index (κ2) is 6.80. The summed E-state index contributed by atoms with van der Waals surface area (Å²) >= 11 is 1.61. The van der Waals surface area contributed by atoms with E-state index in [1.807, 2.05) is 22.9 Å². The highest BCUT2D eigenvalue weighted by atomic mass is 32.1. The first-order chi connectivity index (χ1) is 7.77. The fraction of sp³-hybridized carbons (Fsp3) is 0.154. The van der Waals surface area contributed by atoms with Gasteiger partial charge >= 0.3 is 0 Å². The van der Waals surface area contributed by atoms with Crippen molar-refractivity contribution in [2.75, 3.05) is 13.1 Å². The molecule has 0 saturated carbocycles. The average molecular weight is 233 g/mol. The van der Waals surface area contributed by atoms with Crippen molar-refractivity contribution in [1.82, 2.24) is 4.90 Å². The third-order valence-corrected chi connectivity index (χ3v) is 2.67. The molecule has 1 heterocycles.